The standard InChI is InChI=1S/C17H17FN2O3S/c1-4-23-16(22)13-9(2)19-17-20(15(21)10(3)24-17)14(13)11-6-5-7-12(18)8-11/h5-8,10,14H,4H2,1-3H3/t10-,14-/m0/s1. The smallest absolute Gasteiger partial charge is 0.338 e. The zero-order chi connectivity index (χ0) is 17.4. The average Bonchev–Trinajstić information content (AvgIpc) is 2.80. The van der Waals surface area contributed by atoms with Crippen LogP contribution < -0.4 is 0 Å². The summed E-state index contributed by atoms with van der Waals surface area (Å²) in [6.45, 7) is 5.41. The van der Waals surface area contributed by atoms with Gasteiger partial charge in [-0.15, -0.1) is 0 Å². The number of nitrogens with zero attached hydrogens (tertiary/aromatic N) is 2. The van der Waals surface area contributed by atoms with Crippen LogP contribution in [0.2, 0.25) is 0 Å². The zero-order valence-corrected chi connectivity index (χ0v) is 14.4. The summed E-state index contributed by atoms with van der Waals surface area (Å²) in [6, 6.07) is 5.19. The SMILES string of the molecule is CCOC(=O)C1=C(C)N=C2S[C@@H](C)C(=O)N2[C@H]1c1cccc(F)c1. The minimum absolute atomic E-state index is 0.151. The van der Waals surface area contributed by atoms with E-state index in [9.17, 15) is 14.0 Å². The number of carbonyl (C=O) groups is 2. The van der Waals surface area contributed by atoms with Crippen LogP contribution in [0.3, 0.4) is 0 Å². The van der Waals surface area contributed by atoms with Crippen LogP contribution in [0.4, 0.5) is 4.39 Å². The second-order valence-electron chi connectivity index (χ2n) is 5.54. The third-order valence-electron chi connectivity index (χ3n) is 3.92. The van der Waals surface area contributed by atoms with Gasteiger partial charge in [0, 0.05) is 0 Å². The Morgan fingerprint density at radius 2 is 2.21 bits per heavy atom. The summed E-state index contributed by atoms with van der Waals surface area (Å²) in [5.74, 6) is -1.11. The lowest BCUT2D eigenvalue weighted by Crippen LogP contribution is -2.40. The summed E-state index contributed by atoms with van der Waals surface area (Å²) in [7, 11) is 0. The van der Waals surface area contributed by atoms with E-state index in [1.807, 2.05) is 0 Å². The highest BCUT2D eigenvalue weighted by Gasteiger charge is 2.46. The first-order valence-electron chi connectivity index (χ1n) is 7.65. The van der Waals surface area contributed by atoms with Gasteiger partial charge in [0.25, 0.3) is 0 Å². The maximum absolute atomic E-state index is 13.7. The molecule has 1 aromatic rings. The van der Waals surface area contributed by atoms with Crippen LogP contribution in [0.25, 0.3) is 0 Å². The first-order valence-corrected chi connectivity index (χ1v) is 8.53. The molecule has 0 unspecified atom stereocenters. The van der Waals surface area contributed by atoms with Crippen molar-refractivity contribution in [3.8, 4) is 0 Å². The average molecular weight is 348 g/mol. The number of benzene rings is 1. The lowest BCUT2D eigenvalue weighted by Gasteiger charge is -2.33. The molecule has 2 heterocycles. The van der Waals surface area contributed by atoms with Gasteiger partial charge < -0.3 is 4.74 Å². The summed E-state index contributed by atoms with van der Waals surface area (Å²) < 4.78 is 18.9. The Labute approximate surface area is 143 Å². The van der Waals surface area contributed by atoms with E-state index >= 15 is 0 Å². The number of ether oxygens (including phenoxy) is 1. The number of carbonyl (C=O) groups excluding carboxylic acids is 2. The highest BCUT2D eigenvalue weighted by atomic mass is 32.2. The Balaban J connectivity index is 2.16. The van der Waals surface area contributed by atoms with Gasteiger partial charge in [0.2, 0.25) is 5.91 Å². The zero-order valence-electron chi connectivity index (χ0n) is 13.6. The Hall–Kier alpha value is -2.15. The maximum Gasteiger partial charge on any atom is 0.338 e. The van der Waals surface area contributed by atoms with Gasteiger partial charge in [-0.2, -0.15) is 0 Å². The molecule has 0 bridgehead atoms. The molecule has 2 aliphatic heterocycles. The first-order chi connectivity index (χ1) is 11.4. The lowest BCUT2D eigenvalue weighted by molar-refractivity contribution is -0.139. The van der Waals surface area contributed by atoms with Gasteiger partial charge in [-0.05, 0) is 38.5 Å². The highest BCUT2D eigenvalue weighted by molar-refractivity contribution is 8.15. The molecular weight excluding hydrogens is 331 g/mol. The summed E-state index contributed by atoms with van der Waals surface area (Å²) in [4.78, 5) is 30.9. The van der Waals surface area contributed by atoms with E-state index in [0.717, 1.165) is 0 Å². The number of amidine groups is 1. The van der Waals surface area contributed by atoms with Crippen molar-refractivity contribution < 1.29 is 18.7 Å². The molecule has 2 aliphatic rings. The number of fused-ring (bicyclic) bond motifs is 1. The van der Waals surface area contributed by atoms with Crippen LogP contribution in [0.15, 0.2) is 40.5 Å². The van der Waals surface area contributed by atoms with Crippen molar-refractivity contribution in [3.63, 3.8) is 0 Å². The van der Waals surface area contributed by atoms with Crippen LogP contribution in [-0.2, 0) is 14.3 Å². The topological polar surface area (TPSA) is 59.0 Å². The molecule has 0 radical (unpaired) electrons. The van der Waals surface area contributed by atoms with Crippen molar-refractivity contribution in [1.29, 1.82) is 0 Å². The Morgan fingerprint density at radius 1 is 1.46 bits per heavy atom. The summed E-state index contributed by atoms with van der Waals surface area (Å²) in [6.07, 6.45) is 0. The first kappa shape index (κ1) is 16.7. The lowest BCUT2D eigenvalue weighted by atomic mass is 9.94. The summed E-state index contributed by atoms with van der Waals surface area (Å²) in [5, 5.41) is 0.237. The van der Waals surface area contributed by atoms with Crippen LogP contribution >= 0.6 is 11.8 Å². The third-order valence-corrected chi connectivity index (χ3v) is 4.97. The van der Waals surface area contributed by atoms with Crippen LogP contribution in [-0.4, -0.2) is 33.8 Å². The summed E-state index contributed by atoms with van der Waals surface area (Å²) >= 11 is 1.34. The summed E-state index contributed by atoms with van der Waals surface area (Å²) in [5.41, 5.74) is 1.28. The number of esters is 1. The van der Waals surface area contributed by atoms with Crippen LogP contribution in [0, 0.1) is 5.82 Å². The number of allylic oxidation sites excluding steroid dienone is 1. The number of rotatable bonds is 3. The minimum atomic E-state index is -0.725. The van der Waals surface area contributed by atoms with E-state index in [2.05, 4.69) is 4.99 Å². The monoisotopic (exact) mass is 348 g/mol. The van der Waals surface area contributed by atoms with Gasteiger partial charge in [0.1, 0.15) is 5.82 Å². The fourth-order valence-corrected chi connectivity index (χ4v) is 3.89. The van der Waals surface area contributed by atoms with E-state index < -0.39 is 17.8 Å². The number of hydrogen-bond acceptors (Lipinski definition) is 5. The molecule has 5 nitrogen and oxygen atoms in total. The molecule has 1 saturated heterocycles. The molecule has 1 amide bonds. The number of halogens is 1. The van der Waals surface area contributed by atoms with Crippen molar-refractivity contribution in [1.82, 2.24) is 4.90 Å². The molecule has 0 aliphatic carbocycles. The molecule has 7 heteroatoms. The van der Waals surface area contributed by atoms with Crippen molar-refractivity contribution in [2.24, 2.45) is 4.99 Å². The van der Waals surface area contributed by atoms with E-state index in [1.54, 1.807) is 32.9 Å². The van der Waals surface area contributed by atoms with Gasteiger partial charge in [0.05, 0.1) is 29.2 Å². The molecule has 1 fully saturated rings. The predicted octanol–water partition coefficient (Wildman–Crippen LogP) is 3.04. The molecule has 0 aromatic heterocycles. The second kappa shape index (κ2) is 6.39. The van der Waals surface area contributed by atoms with Crippen LogP contribution in [0.1, 0.15) is 32.4 Å². The van der Waals surface area contributed by atoms with Crippen molar-refractivity contribution >= 4 is 28.8 Å². The molecule has 1 aromatic carbocycles. The maximum atomic E-state index is 13.7. The van der Waals surface area contributed by atoms with Crippen molar-refractivity contribution in [2.45, 2.75) is 32.1 Å². The molecule has 2 atom stereocenters. The van der Waals surface area contributed by atoms with E-state index in [-0.39, 0.29) is 23.3 Å². The van der Waals surface area contributed by atoms with Crippen molar-refractivity contribution in [3.05, 3.63) is 46.9 Å². The molecule has 0 saturated carbocycles. The Kier molecular flexibility index (Phi) is 4.45. The second-order valence-corrected chi connectivity index (χ2v) is 6.85. The molecule has 0 N–H and O–H groups in total. The van der Waals surface area contributed by atoms with Gasteiger partial charge in [-0.1, -0.05) is 23.9 Å². The molecular formula is C17H17FN2O3S. The fraction of sp³-hybridized carbons (Fsp3) is 0.353. The normalized spacial score (nSPS) is 23.2. The van der Waals surface area contributed by atoms with E-state index in [0.29, 0.717) is 16.4 Å². The molecule has 126 valence electrons. The number of thioether (sulfide) groups is 1. The van der Waals surface area contributed by atoms with Crippen LogP contribution in [0.5, 0.6) is 0 Å². The Bertz CT molecular complexity index is 775. The van der Waals surface area contributed by atoms with Gasteiger partial charge in [-0.3, -0.25) is 9.69 Å². The molecule has 24 heavy (non-hydrogen) atoms. The van der Waals surface area contributed by atoms with E-state index in [4.69, 9.17) is 4.74 Å². The minimum Gasteiger partial charge on any atom is -0.463 e. The highest BCUT2D eigenvalue weighted by Crippen LogP contribution is 2.43. The Morgan fingerprint density at radius 3 is 2.88 bits per heavy atom. The molecule has 0 spiro atoms. The predicted molar refractivity (Wildman–Crippen MR) is 89.8 cm³/mol. The quantitative estimate of drug-likeness (QED) is 0.788. The number of amides is 1. The van der Waals surface area contributed by atoms with Crippen molar-refractivity contribution in [2.75, 3.05) is 6.61 Å². The number of aliphatic imine (C=N–C) groups is 1. The fourth-order valence-electron chi connectivity index (χ4n) is 2.86. The third kappa shape index (κ3) is 2.73. The van der Waals surface area contributed by atoms with Gasteiger partial charge in [0.15, 0.2) is 5.17 Å². The largest absolute Gasteiger partial charge is 0.463 e. The van der Waals surface area contributed by atoms with E-state index in [1.165, 1.54) is 28.8 Å². The molecule has 3 rings (SSSR count). The van der Waals surface area contributed by atoms with Gasteiger partial charge in [-0.25, -0.2) is 14.2 Å². The number of hydrogen-bond donors (Lipinski definition) is 0. The van der Waals surface area contributed by atoms with Gasteiger partial charge >= 0.3 is 5.97 Å².